The van der Waals surface area contributed by atoms with Gasteiger partial charge < -0.3 is 19.9 Å². The quantitative estimate of drug-likeness (QED) is 0.150. The highest BCUT2D eigenvalue weighted by Gasteiger charge is 2.21. The second-order valence-electron chi connectivity index (χ2n) is 14.4. The van der Waals surface area contributed by atoms with Crippen LogP contribution in [0.5, 0.6) is 0 Å². The van der Waals surface area contributed by atoms with E-state index in [0.717, 1.165) is 45.3 Å². The van der Waals surface area contributed by atoms with Gasteiger partial charge in [0.15, 0.2) is 0 Å². The lowest BCUT2D eigenvalue weighted by Crippen LogP contribution is -2.11. The van der Waals surface area contributed by atoms with Gasteiger partial charge in [0.2, 0.25) is 0 Å². The largest absolute Gasteiger partial charge is 0.360 e. The first kappa shape index (κ1) is 30.1. The standard InChI is InChI=1S/C42H39N5/c1-41(2,3)28-15-17-35-33-11-7-9-13-37(33)46(39(35)19-28)31-21-30(45-26-27(24-43)25-44)22-32(23-31)47-38-14-10-8-12-34(38)36-18-16-29(20-40(36)47)42(4,5)6/h7-24,26,43,45H,1-6H3/b27-26+,43-24?. The molecule has 47 heavy (non-hydrogen) atoms. The average molecular weight is 614 g/mol. The number of benzene rings is 5. The van der Waals surface area contributed by atoms with E-state index in [0.29, 0.717) is 0 Å². The van der Waals surface area contributed by atoms with E-state index in [-0.39, 0.29) is 16.4 Å². The maximum Gasteiger partial charge on any atom is 0.102 e. The molecule has 7 aromatic rings. The number of nitriles is 1. The van der Waals surface area contributed by atoms with Crippen molar-refractivity contribution in [2.45, 2.75) is 52.4 Å². The molecule has 2 N–H and O–H groups in total. The van der Waals surface area contributed by atoms with Gasteiger partial charge in [0.05, 0.1) is 39.0 Å². The molecule has 0 atom stereocenters. The van der Waals surface area contributed by atoms with Crippen molar-refractivity contribution in [3.05, 3.63) is 126 Å². The highest BCUT2D eigenvalue weighted by molar-refractivity contribution is 6.11. The van der Waals surface area contributed by atoms with E-state index in [2.05, 4.69) is 165 Å². The predicted molar refractivity (Wildman–Crippen MR) is 199 cm³/mol. The lowest BCUT2D eigenvalue weighted by Gasteiger charge is -2.20. The van der Waals surface area contributed by atoms with Crippen LogP contribution in [-0.4, -0.2) is 15.3 Å². The van der Waals surface area contributed by atoms with Crippen molar-refractivity contribution in [2.75, 3.05) is 5.32 Å². The van der Waals surface area contributed by atoms with Gasteiger partial charge in [0, 0.05) is 39.6 Å². The molecule has 0 aliphatic heterocycles. The van der Waals surface area contributed by atoms with Crippen LogP contribution in [0.25, 0.3) is 55.0 Å². The second-order valence-corrected chi connectivity index (χ2v) is 14.4. The number of para-hydroxylation sites is 2. The summed E-state index contributed by atoms with van der Waals surface area (Å²) in [5.74, 6) is 0. The molecule has 5 heteroatoms. The van der Waals surface area contributed by atoms with Gasteiger partial charge in [-0.1, -0.05) is 102 Å². The summed E-state index contributed by atoms with van der Waals surface area (Å²) in [7, 11) is 0. The molecule has 7 rings (SSSR count). The number of hydrogen-bond acceptors (Lipinski definition) is 3. The lowest BCUT2D eigenvalue weighted by molar-refractivity contribution is 0.590. The molecule has 0 saturated heterocycles. The Balaban J connectivity index is 1.58. The van der Waals surface area contributed by atoms with E-state index in [9.17, 15) is 5.26 Å². The molecule has 232 valence electrons. The maximum atomic E-state index is 9.55. The van der Waals surface area contributed by atoms with Crippen molar-refractivity contribution in [1.29, 1.82) is 10.7 Å². The summed E-state index contributed by atoms with van der Waals surface area (Å²) in [6.07, 6.45) is 2.67. The average Bonchev–Trinajstić information content (AvgIpc) is 3.56. The summed E-state index contributed by atoms with van der Waals surface area (Å²) in [6.45, 7) is 13.5. The molecule has 0 radical (unpaired) electrons. The van der Waals surface area contributed by atoms with Crippen LogP contribution in [0.2, 0.25) is 0 Å². The topological polar surface area (TPSA) is 69.5 Å². The van der Waals surface area contributed by atoms with Crippen LogP contribution in [-0.2, 0) is 10.8 Å². The Morgan fingerprint density at radius 3 is 1.49 bits per heavy atom. The Morgan fingerprint density at radius 2 is 1.06 bits per heavy atom. The number of rotatable bonds is 5. The molecule has 0 spiro atoms. The minimum atomic E-state index is -0.0109. The number of anilines is 1. The Morgan fingerprint density at radius 1 is 0.617 bits per heavy atom. The maximum absolute atomic E-state index is 9.55. The van der Waals surface area contributed by atoms with Gasteiger partial charge in [0.25, 0.3) is 0 Å². The first-order valence-electron chi connectivity index (χ1n) is 16.1. The normalized spacial score (nSPS) is 12.7. The highest BCUT2D eigenvalue weighted by Crippen LogP contribution is 2.39. The van der Waals surface area contributed by atoms with E-state index in [1.807, 2.05) is 0 Å². The minimum Gasteiger partial charge on any atom is -0.360 e. The lowest BCUT2D eigenvalue weighted by atomic mass is 9.86. The van der Waals surface area contributed by atoms with Gasteiger partial charge >= 0.3 is 0 Å². The van der Waals surface area contributed by atoms with E-state index >= 15 is 0 Å². The smallest absolute Gasteiger partial charge is 0.102 e. The second kappa shape index (κ2) is 11.0. The summed E-state index contributed by atoms with van der Waals surface area (Å²) in [5.41, 5.74) is 10.1. The molecule has 0 saturated carbocycles. The fourth-order valence-corrected chi connectivity index (χ4v) is 6.63. The first-order valence-corrected chi connectivity index (χ1v) is 16.1. The monoisotopic (exact) mass is 613 g/mol. The molecule has 0 unspecified atom stereocenters. The van der Waals surface area contributed by atoms with Gasteiger partial charge in [-0.2, -0.15) is 5.26 Å². The summed E-state index contributed by atoms with van der Waals surface area (Å²) in [4.78, 5) is 0. The molecule has 2 heterocycles. The third-order valence-electron chi connectivity index (χ3n) is 9.18. The zero-order chi connectivity index (χ0) is 33.1. The van der Waals surface area contributed by atoms with Crippen LogP contribution in [0.3, 0.4) is 0 Å². The van der Waals surface area contributed by atoms with E-state index < -0.39 is 0 Å². The number of nitrogens with zero attached hydrogens (tertiary/aromatic N) is 3. The van der Waals surface area contributed by atoms with Crippen molar-refractivity contribution >= 4 is 55.5 Å². The molecule has 0 fully saturated rings. The van der Waals surface area contributed by atoms with Crippen molar-refractivity contribution in [3.63, 3.8) is 0 Å². The van der Waals surface area contributed by atoms with Crippen LogP contribution in [0.15, 0.2) is 115 Å². The Kier molecular flexibility index (Phi) is 7.06. The van der Waals surface area contributed by atoms with Gasteiger partial charge in [-0.15, -0.1) is 0 Å². The predicted octanol–water partition coefficient (Wildman–Crippen LogP) is 10.9. The summed E-state index contributed by atoms with van der Waals surface area (Å²) in [6, 6.07) is 39.4. The summed E-state index contributed by atoms with van der Waals surface area (Å²) >= 11 is 0. The zero-order valence-electron chi connectivity index (χ0n) is 27.8. The number of aromatic nitrogens is 2. The van der Waals surface area contributed by atoms with E-state index in [1.165, 1.54) is 32.7 Å². The number of allylic oxidation sites excluding steroid dienone is 1. The van der Waals surface area contributed by atoms with E-state index in [1.54, 1.807) is 6.20 Å². The third-order valence-corrected chi connectivity index (χ3v) is 9.18. The van der Waals surface area contributed by atoms with Crippen molar-refractivity contribution in [3.8, 4) is 17.4 Å². The summed E-state index contributed by atoms with van der Waals surface area (Å²) in [5, 5.41) is 25.4. The van der Waals surface area contributed by atoms with Crippen LogP contribution in [0.1, 0.15) is 52.7 Å². The SMILES string of the molecule is CC(C)(C)c1ccc2c3ccccc3n(-c3cc(N/C=C(/C#N)C=N)cc(-n4c5ccccc5c5ccc(C(C)(C)C)cc54)c3)c2c1. The van der Waals surface area contributed by atoms with Crippen molar-refractivity contribution < 1.29 is 0 Å². The number of hydrogen-bond donors (Lipinski definition) is 2. The van der Waals surface area contributed by atoms with Gasteiger partial charge in [0.1, 0.15) is 6.07 Å². The Bertz CT molecular complexity index is 2280. The van der Waals surface area contributed by atoms with Crippen molar-refractivity contribution in [2.24, 2.45) is 0 Å². The van der Waals surface area contributed by atoms with Crippen LogP contribution in [0.4, 0.5) is 5.69 Å². The molecule has 0 aliphatic rings. The highest BCUT2D eigenvalue weighted by atomic mass is 15.0. The zero-order valence-corrected chi connectivity index (χ0v) is 27.8. The first-order chi connectivity index (χ1) is 22.5. The molecule has 5 aromatic carbocycles. The molecular formula is C42H39N5. The van der Waals surface area contributed by atoms with Crippen LogP contribution < -0.4 is 5.32 Å². The van der Waals surface area contributed by atoms with Crippen molar-refractivity contribution in [1.82, 2.24) is 9.13 Å². The molecule has 2 aromatic heterocycles. The van der Waals surface area contributed by atoms with Gasteiger partial charge in [-0.3, -0.25) is 0 Å². The molecular weight excluding hydrogens is 574 g/mol. The van der Waals surface area contributed by atoms with Gasteiger partial charge in [-0.25, -0.2) is 0 Å². The molecule has 0 bridgehead atoms. The molecule has 0 aliphatic carbocycles. The van der Waals surface area contributed by atoms with Gasteiger partial charge in [-0.05, 0) is 64.4 Å². The minimum absolute atomic E-state index is 0.0109. The fraction of sp³-hybridized carbons (Fsp3) is 0.190. The third kappa shape index (κ3) is 5.16. The number of nitrogens with one attached hydrogen (secondary N) is 2. The Hall–Kier alpha value is -5.60. The fourth-order valence-electron chi connectivity index (χ4n) is 6.63. The molecule has 5 nitrogen and oxygen atoms in total. The Labute approximate surface area is 275 Å². The van der Waals surface area contributed by atoms with E-state index in [4.69, 9.17) is 5.41 Å². The van der Waals surface area contributed by atoms with Crippen LogP contribution in [0, 0.1) is 16.7 Å². The number of fused-ring (bicyclic) bond motifs is 6. The molecule has 0 amide bonds. The van der Waals surface area contributed by atoms with Crippen LogP contribution >= 0.6 is 0 Å². The summed E-state index contributed by atoms with van der Waals surface area (Å²) < 4.78 is 4.71.